The fraction of sp³-hybridized carbons (Fsp3) is 0.783. The standard InChI is InChI=1S/C46H82N2O5/c1-5-8-11-13-20-26-32-41(33-27-21-14-12-9-6-2)53-43(50)34-28-22-16-19-25-31-39(30-24-18-15-17-23-29-38(4)49)36-40(47)37-42-44(46(52)45(42)51)48-35-10-7-3/h7,36,40-41,45,48-49,51H,3-6,8-35,37,47H2,1-2H3. The lowest BCUT2D eigenvalue weighted by molar-refractivity contribution is -0.150. The number of ether oxygens (including phenoxy) is 1. The van der Waals surface area contributed by atoms with Crippen molar-refractivity contribution < 1.29 is 24.5 Å². The second-order valence-electron chi connectivity index (χ2n) is 15.7. The van der Waals surface area contributed by atoms with Gasteiger partial charge in [0.2, 0.25) is 5.78 Å². The molecule has 306 valence electrons. The molecule has 7 heteroatoms. The van der Waals surface area contributed by atoms with Crippen molar-refractivity contribution in [2.24, 2.45) is 5.73 Å². The molecule has 0 aromatic carbocycles. The van der Waals surface area contributed by atoms with Crippen LogP contribution in [-0.2, 0) is 14.3 Å². The summed E-state index contributed by atoms with van der Waals surface area (Å²) < 4.78 is 6.05. The maximum Gasteiger partial charge on any atom is 0.306 e. The van der Waals surface area contributed by atoms with Gasteiger partial charge >= 0.3 is 5.97 Å². The number of rotatable bonds is 38. The molecule has 1 rings (SSSR count). The summed E-state index contributed by atoms with van der Waals surface area (Å²) in [5.74, 6) is 0.00224. The maximum absolute atomic E-state index is 12.8. The molecule has 0 bridgehead atoms. The molecular formula is C46H82N2O5. The van der Waals surface area contributed by atoms with E-state index in [-0.39, 0.29) is 29.7 Å². The molecule has 0 saturated heterocycles. The first kappa shape index (κ1) is 48.6. The Morgan fingerprint density at radius 1 is 0.774 bits per heavy atom. The van der Waals surface area contributed by atoms with Gasteiger partial charge in [0, 0.05) is 25.4 Å². The van der Waals surface area contributed by atoms with E-state index in [9.17, 15) is 19.8 Å². The zero-order chi connectivity index (χ0) is 38.9. The molecule has 0 aliphatic heterocycles. The number of aliphatic hydroxyl groups excluding tert-OH is 2. The lowest BCUT2D eigenvalue weighted by Crippen LogP contribution is -2.44. The van der Waals surface area contributed by atoms with Gasteiger partial charge in [-0.3, -0.25) is 9.59 Å². The van der Waals surface area contributed by atoms with Gasteiger partial charge in [0.15, 0.2) is 0 Å². The summed E-state index contributed by atoms with van der Waals surface area (Å²) >= 11 is 0. The molecule has 53 heavy (non-hydrogen) atoms. The van der Waals surface area contributed by atoms with Crippen LogP contribution in [0.1, 0.15) is 206 Å². The van der Waals surface area contributed by atoms with Crippen molar-refractivity contribution >= 4 is 11.8 Å². The first-order valence-electron chi connectivity index (χ1n) is 22.0. The van der Waals surface area contributed by atoms with Crippen LogP contribution < -0.4 is 11.1 Å². The Labute approximate surface area is 325 Å². The molecule has 0 aromatic heterocycles. The van der Waals surface area contributed by atoms with Gasteiger partial charge in [-0.1, -0.05) is 141 Å². The van der Waals surface area contributed by atoms with Gasteiger partial charge in [-0.2, -0.15) is 0 Å². The van der Waals surface area contributed by atoms with E-state index in [1.165, 1.54) is 69.8 Å². The van der Waals surface area contributed by atoms with E-state index in [0.717, 1.165) is 109 Å². The molecule has 7 nitrogen and oxygen atoms in total. The van der Waals surface area contributed by atoms with E-state index in [4.69, 9.17) is 10.5 Å². The summed E-state index contributed by atoms with van der Waals surface area (Å²) in [4.78, 5) is 25.1. The van der Waals surface area contributed by atoms with Crippen molar-refractivity contribution in [3.8, 4) is 0 Å². The van der Waals surface area contributed by atoms with Crippen molar-refractivity contribution in [3.63, 3.8) is 0 Å². The number of carbonyl (C=O) groups is 2. The van der Waals surface area contributed by atoms with Crippen LogP contribution in [0.4, 0.5) is 0 Å². The number of ketones is 1. The van der Waals surface area contributed by atoms with E-state index in [1.54, 1.807) is 6.08 Å². The number of hydrogen-bond acceptors (Lipinski definition) is 7. The molecule has 2 atom stereocenters. The van der Waals surface area contributed by atoms with Crippen LogP contribution >= 0.6 is 0 Å². The van der Waals surface area contributed by atoms with Crippen LogP contribution in [0, 0.1) is 0 Å². The number of unbranched alkanes of at least 4 members (excludes halogenated alkanes) is 18. The Kier molecular flexibility index (Phi) is 30.3. The van der Waals surface area contributed by atoms with Gasteiger partial charge in [-0.25, -0.2) is 0 Å². The normalized spacial score (nSPS) is 15.2. The fourth-order valence-electron chi connectivity index (χ4n) is 7.31. The van der Waals surface area contributed by atoms with Crippen LogP contribution in [0.5, 0.6) is 0 Å². The zero-order valence-corrected chi connectivity index (χ0v) is 34.4. The van der Waals surface area contributed by atoms with E-state index >= 15 is 0 Å². The highest BCUT2D eigenvalue weighted by atomic mass is 16.5. The largest absolute Gasteiger partial charge is 0.513 e. The molecule has 0 radical (unpaired) electrons. The van der Waals surface area contributed by atoms with Crippen LogP contribution in [-0.4, -0.2) is 46.8 Å². The van der Waals surface area contributed by atoms with Gasteiger partial charge in [-0.05, 0) is 82.6 Å². The smallest absolute Gasteiger partial charge is 0.306 e. The molecule has 0 fully saturated rings. The molecule has 0 spiro atoms. The first-order chi connectivity index (χ1) is 25.7. The number of esters is 1. The van der Waals surface area contributed by atoms with E-state index in [1.807, 2.05) is 0 Å². The first-order valence-corrected chi connectivity index (χ1v) is 22.0. The predicted octanol–water partition coefficient (Wildman–Crippen LogP) is 11.9. The number of allylic oxidation sites excluding steroid dienone is 2. The Balaban J connectivity index is 2.54. The minimum absolute atomic E-state index is 0.0140. The summed E-state index contributed by atoms with van der Waals surface area (Å²) in [6.07, 6.45) is 35.2. The molecule has 1 aliphatic carbocycles. The summed E-state index contributed by atoms with van der Waals surface area (Å²) in [5.41, 5.74) is 9.18. The second kappa shape index (κ2) is 33.0. The van der Waals surface area contributed by atoms with E-state index < -0.39 is 6.10 Å². The third-order valence-corrected chi connectivity index (χ3v) is 10.6. The van der Waals surface area contributed by atoms with Crippen LogP contribution in [0.2, 0.25) is 0 Å². The van der Waals surface area contributed by atoms with Gasteiger partial charge in [0.1, 0.15) is 12.2 Å². The Morgan fingerprint density at radius 2 is 1.25 bits per heavy atom. The summed E-state index contributed by atoms with van der Waals surface area (Å²) in [7, 11) is 0. The van der Waals surface area contributed by atoms with Gasteiger partial charge < -0.3 is 26.0 Å². The third kappa shape index (κ3) is 25.4. The van der Waals surface area contributed by atoms with Crippen LogP contribution in [0.15, 0.2) is 47.9 Å². The molecule has 0 saturated carbocycles. The van der Waals surface area contributed by atoms with Crippen molar-refractivity contribution in [2.45, 2.75) is 225 Å². The molecule has 0 heterocycles. The second-order valence-corrected chi connectivity index (χ2v) is 15.7. The molecule has 0 aromatic rings. The van der Waals surface area contributed by atoms with Crippen molar-refractivity contribution in [1.82, 2.24) is 5.32 Å². The summed E-state index contributed by atoms with van der Waals surface area (Å²) in [6.45, 7) is 12.4. The maximum atomic E-state index is 12.8. The lowest BCUT2D eigenvalue weighted by Gasteiger charge is -2.30. The average molecular weight is 743 g/mol. The highest BCUT2D eigenvalue weighted by Gasteiger charge is 2.37. The van der Waals surface area contributed by atoms with Crippen molar-refractivity contribution in [2.75, 3.05) is 6.54 Å². The van der Waals surface area contributed by atoms with Crippen LogP contribution in [0.3, 0.4) is 0 Å². The molecular weight excluding hydrogens is 661 g/mol. The van der Waals surface area contributed by atoms with E-state index in [0.29, 0.717) is 37.1 Å². The quantitative estimate of drug-likeness (QED) is 0.0215. The number of aliphatic hydroxyl groups is 2. The van der Waals surface area contributed by atoms with Crippen molar-refractivity contribution in [3.05, 3.63) is 47.9 Å². The lowest BCUT2D eigenvalue weighted by atomic mass is 9.84. The average Bonchev–Trinajstić information content (AvgIpc) is 3.14. The molecule has 2 unspecified atom stereocenters. The molecule has 5 N–H and O–H groups in total. The Bertz CT molecular complexity index is 1030. The van der Waals surface area contributed by atoms with Crippen LogP contribution in [0.25, 0.3) is 0 Å². The molecule has 0 amide bonds. The number of nitrogens with one attached hydrogen (secondary N) is 1. The minimum Gasteiger partial charge on any atom is -0.513 e. The summed E-state index contributed by atoms with van der Waals surface area (Å²) in [5, 5.41) is 22.8. The third-order valence-electron chi connectivity index (χ3n) is 10.6. The number of hydrogen-bond donors (Lipinski definition) is 4. The highest BCUT2D eigenvalue weighted by Crippen LogP contribution is 2.28. The molecule has 1 aliphatic rings. The van der Waals surface area contributed by atoms with Gasteiger partial charge in [0.25, 0.3) is 0 Å². The predicted molar refractivity (Wildman–Crippen MR) is 224 cm³/mol. The summed E-state index contributed by atoms with van der Waals surface area (Å²) in [6, 6.07) is -0.258. The van der Waals surface area contributed by atoms with E-state index in [2.05, 4.69) is 38.4 Å². The van der Waals surface area contributed by atoms with Crippen molar-refractivity contribution in [1.29, 1.82) is 0 Å². The van der Waals surface area contributed by atoms with Gasteiger partial charge in [-0.15, -0.1) is 6.58 Å². The number of Topliss-reactive ketones (excluding diaryl/α,β-unsaturated/α-hetero) is 1. The van der Waals surface area contributed by atoms with Gasteiger partial charge in [0.05, 0.1) is 11.5 Å². The number of nitrogens with two attached hydrogens (primary N) is 1. The highest BCUT2D eigenvalue weighted by molar-refractivity contribution is 6.08. The SMILES string of the molecule is C=CCCNC1=C(CC(N)C=C(CCCCCCCC(=C)O)CCCCCCCC(=O)OC(CCCCCCCC)CCCCCCCC)C(O)C1=O. The zero-order valence-electron chi connectivity index (χ0n) is 34.4. The Morgan fingerprint density at radius 3 is 1.75 bits per heavy atom. The topological polar surface area (TPSA) is 122 Å². The fourth-order valence-corrected chi connectivity index (χ4v) is 7.31. The Hall–Kier alpha value is -2.38. The number of carbonyl (C=O) groups excluding carboxylic acids is 2. The monoisotopic (exact) mass is 743 g/mol. The minimum atomic E-state index is -1.05.